The van der Waals surface area contributed by atoms with Crippen molar-refractivity contribution in [3.8, 4) is 23.0 Å². The molecular formula is C26H32O12. The molecule has 12 heteroatoms. The maximum Gasteiger partial charge on any atom is 0.339 e. The third-order valence-electron chi connectivity index (χ3n) is 7.03. The number of phenols is 2. The fourth-order valence-corrected chi connectivity index (χ4v) is 4.87. The number of carbonyl (C=O) groups is 1. The number of rotatable bonds is 9. The predicted molar refractivity (Wildman–Crippen MR) is 129 cm³/mol. The van der Waals surface area contributed by atoms with Gasteiger partial charge in [0.05, 0.1) is 27.4 Å². The first-order chi connectivity index (χ1) is 18.1. The van der Waals surface area contributed by atoms with Gasteiger partial charge in [-0.15, -0.1) is 0 Å². The van der Waals surface area contributed by atoms with E-state index in [9.17, 15) is 35.4 Å². The molecule has 0 radical (unpaired) electrons. The topological polar surface area (TPSA) is 185 Å². The minimum absolute atomic E-state index is 0.0602. The Morgan fingerprint density at radius 3 is 2.13 bits per heavy atom. The van der Waals surface area contributed by atoms with Gasteiger partial charge in [-0.1, -0.05) is 12.1 Å². The Morgan fingerprint density at radius 2 is 1.53 bits per heavy atom. The van der Waals surface area contributed by atoms with E-state index in [2.05, 4.69) is 0 Å². The molecule has 0 bridgehead atoms. The number of aromatic hydroxyl groups is 2. The molecule has 0 saturated carbocycles. The van der Waals surface area contributed by atoms with Gasteiger partial charge in [0.1, 0.15) is 24.4 Å². The number of cyclic esters (lactones) is 1. The van der Waals surface area contributed by atoms with Crippen LogP contribution in [0.2, 0.25) is 0 Å². The van der Waals surface area contributed by atoms with Crippen LogP contribution in [0.5, 0.6) is 23.0 Å². The SMILES string of the molecule is COc1cc(CC2COC(=O)[C@@]2(Cc2ccc(O)c(OC)c2)OC2OC(CO)C(O)C(O)C2O)ccc1O. The van der Waals surface area contributed by atoms with Crippen LogP contribution < -0.4 is 9.47 Å². The molecule has 38 heavy (non-hydrogen) atoms. The van der Waals surface area contributed by atoms with Crippen LogP contribution in [-0.4, -0.2) is 100 Å². The Labute approximate surface area is 218 Å². The molecule has 7 atom stereocenters. The first-order valence-electron chi connectivity index (χ1n) is 12.0. The second-order valence-electron chi connectivity index (χ2n) is 9.39. The van der Waals surface area contributed by atoms with E-state index < -0.39 is 54.8 Å². The summed E-state index contributed by atoms with van der Waals surface area (Å²) in [5.41, 5.74) is -0.551. The second kappa shape index (κ2) is 11.3. The van der Waals surface area contributed by atoms with Crippen LogP contribution in [0, 0.1) is 5.92 Å². The van der Waals surface area contributed by atoms with E-state index in [1.165, 1.54) is 32.4 Å². The molecule has 0 amide bonds. The van der Waals surface area contributed by atoms with Gasteiger partial charge in [0.15, 0.2) is 34.9 Å². The number of phenolic OH excluding ortho intramolecular Hbond substituents is 2. The molecule has 208 valence electrons. The van der Waals surface area contributed by atoms with Crippen LogP contribution in [0.3, 0.4) is 0 Å². The third-order valence-corrected chi connectivity index (χ3v) is 7.03. The number of aliphatic hydroxyl groups is 4. The number of hydrogen-bond donors (Lipinski definition) is 6. The normalized spacial score (nSPS) is 31.2. The Balaban J connectivity index is 1.73. The van der Waals surface area contributed by atoms with E-state index in [-0.39, 0.29) is 42.4 Å². The molecule has 2 aromatic rings. The van der Waals surface area contributed by atoms with Crippen LogP contribution in [0.15, 0.2) is 36.4 Å². The monoisotopic (exact) mass is 536 g/mol. The lowest BCUT2D eigenvalue weighted by Crippen LogP contribution is -2.62. The highest BCUT2D eigenvalue weighted by Gasteiger charge is 2.57. The quantitative estimate of drug-likeness (QED) is 0.229. The molecule has 2 heterocycles. The second-order valence-corrected chi connectivity index (χ2v) is 9.39. The van der Waals surface area contributed by atoms with Crippen molar-refractivity contribution in [2.75, 3.05) is 27.4 Å². The molecular weight excluding hydrogens is 504 g/mol. The number of hydrogen-bond acceptors (Lipinski definition) is 12. The van der Waals surface area contributed by atoms with Gasteiger partial charge in [0.2, 0.25) is 0 Å². The van der Waals surface area contributed by atoms with Crippen molar-refractivity contribution in [3.63, 3.8) is 0 Å². The van der Waals surface area contributed by atoms with Crippen molar-refractivity contribution in [3.05, 3.63) is 47.5 Å². The Bertz CT molecular complexity index is 1140. The van der Waals surface area contributed by atoms with Gasteiger partial charge in [0.25, 0.3) is 0 Å². The zero-order valence-corrected chi connectivity index (χ0v) is 20.9. The summed E-state index contributed by atoms with van der Waals surface area (Å²) in [6, 6.07) is 9.22. The number of benzene rings is 2. The van der Waals surface area contributed by atoms with E-state index in [4.69, 9.17) is 23.7 Å². The van der Waals surface area contributed by atoms with E-state index >= 15 is 0 Å². The minimum atomic E-state index is -1.76. The Kier molecular flexibility index (Phi) is 8.31. The summed E-state index contributed by atoms with van der Waals surface area (Å²) in [5.74, 6) is -1.18. The summed E-state index contributed by atoms with van der Waals surface area (Å²) >= 11 is 0. The van der Waals surface area contributed by atoms with Crippen LogP contribution in [0.4, 0.5) is 0 Å². The molecule has 2 fully saturated rings. The van der Waals surface area contributed by atoms with E-state index in [1.807, 2.05) is 0 Å². The average molecular weight is 537 g/mol. The van der Waals surface area contributed by atoms with Crippen molar-refractivity contribution < 1.29 is 59.1 Å². The van der Waals surface area contributed by atoms with Gasteiger partial charge >= 0.3 is 5.97 Å². The summed E-state index contributed by atoms with van der Waals surface area (Å²) in [6.45, 7) is -0.733. The highest BCUT2D eigenvalue weighted by Crippen LogP contribution is 2.41. The lowest BCUT2D eigenvalue weighted by atomic mass is 9.80. The van der Waals surface area contributed by atoms with Gasteiger partial charge in [-0.2, -0.15) is 0 Å². The fraction of sp³-hybridized carbons (Fsp3) is 0.500. The van der Waals surface area contributed by atoms with Gasteiger partial charge in [0, 0.05) is 12.3 Å². The smallest absolute Gasteiger partial charge is 0.339 e. The molecule has 0 aliphatic carbocycles. The van der Waals surface area contributed by atoms with Crippen molar-refractivity contribution in [1.82, 2.24) is 0 Å². The van der Waals surface area contributed by atoms with Gasteiger partial charge < -0.3 is 54.3 Å². The van der Waals surface area contributed by atoms with Crippen LogP contribution in [0.25, 0.3) is 0 Å². The molecule has 2 aromatic carbocycles. The largest absolute Gasteiger partial charge is 0.504 e. The first-order valence-corrected chi connectivity index (χ1v) is 12.0. The van der Waals surface area contributed by atoms with E-state index in [0.717, 1.165) is 0 Å². The number of ether oxygens (including phenoxy) is 5. The molecule has 12 nitrogen and oxygen atoms in total. The van der Waals surface area contributed by atoms with Gasteiger partial charge in [-0.3, -0.25) is 0 Å². The van der Waals surface area contributed by atoms with Gasteiger partial charge in [-0.25, -0.2) is 4.79 Å². The molecule has 2 aliphatic heterocycles. The molecule has 0 spiro atoms. The Hall–Kier alpha value is -3.13. The summed E-state index contributed by atoms with van der Waals surface area (Å²) in [4.78, 5) is 13.4. The predicted octanol–water partition coefficient (Wildman–Crippen LogP) is -0.371. The maximum atomic E-state index is 13.4. The first kappa shape index (κ1) is 27.9. The van der Waals surface area contributed by atoms with Crippen LogP contribution >= 0.6 is 0 Å². The number of methoxy groups -OCH3 is 2. The van der Waals surface area contributed by atoms with Crippen molar-refractivity contribution >= 4 is 5.97 Å². The standard InChI is InChI=1S/C26H32O12/c1-34-18-8-13(3-5-16(18)28)7-15-12-36-25(33)26(15,10-14-4-6-17(29)19(9-14)35-2)38-24-23(32)22(31)21(30)20(11-27)37-24/h3-6,8-9,15,20-24,27-32H,7,10-12H2,1-2H3/t15?,20?,21?,22?,23?,24?,26-/m0/s1. The summed E-state index contributed by atoms with van der Waals surface area (Å²) < 4.78 is 27.6. The van der Waals surface area contributed by atoms with Crippen molar-refractivity contribution in [2.45, 2.75) is 49.1 Å². The number of carbonyl (C=O) groups excluding carboxylic acids is 1. The van der Waals surface area contributed by atoms with E-state index in [1.54, 1.807) is 18.2 Å². The maximum absolute atomic E-state index is 13.4. The summed E-state index contributed by atoms with van der Waals surface area (Å²) in [7, 11) is 2.79. The third kappa shape index (κ3) is 5.23. The minimum Gasteiger partial charge on any atom is -0.504 e. The fourth-order valence-electron chi connectivity index (χ4n) is 4.87. The molecule has 4 rings (SSSR count). The lowest BCUT2D eigenvalue weighted by Gasteiger charge is -2.43. The Morgan fingerprint density at radius 1 is 0.921 bits per heavy atom. The zero-order chi connectivity index (χ0) is 27.6. The van der Waals surface area contributed by atoms with Crippen LogP contribution in [0.1, 0.15) is 11.1 Å². The zero-order valence-electron chi connectivity index (χ0n) is 20.9. The highest BCUT2D eigenvalue weighted by molar-refractivity contribution is 5.83. The number of aliphatic hydroxyl groups excluding tert-OH is 4. The van der Waals surface area contributed by atoms with Gasteiger partial charge in [-0.05, 0) is 41.8 Å². The van der Waals surface area contributed by atoms with Crippen molar-refractivity contribution in [1.29, 1.82) is 0 Å². The highest BCUT2D eigenvalue weighted by atomic mass is 16.7. The van der Waals surface area contributed by atoms with E-state index in [0.29, 0.717) is 11.1 Å². The summed E-state index contributed by atoms with van der Waals surface area (Å²) in [6.07, 6.45) is -7.81. The molecule has 6 unspecified atom stereocenters. The molecule has 0 aromatic heterocycles. The molecule has 6 N–H and O–H groups in total. The number of esters is 1. The average Bonchev–Trinajstić information content (AvgIpc) is 3.20. The van der Waals surface area contributed by atoms with Crippen molar-refractivity contribution in [2.24, 2.45) is 5.92 Å². The molecule has 2 saturated heterocycles. The van der Waals surface area contributed by atoms with Crippen LogP contribution in [-0.2, 0) is 31.8 Å². The summed E-state index contributed by atoms with van der Waals surface area (Å²) in [5, 5.41) is 60.7. The molecule has 2 aliphatic rings. The lowest BCUT2D eigenvalue weighted by molar-refractivity contribution is -0.325.